The van der Waals surface area contributed by atoms with Crippen LogP contribution in [0.15, 0.2) is 18.3 Å². The van der Waals surface area contributed by atoms with E-state index in [1.807, 2.05) is 12.1 Å². The summed E-state index contributed by atoms with van der Waals surface area (Å²) in [5.74, 6) is 0.786. The highest BCUT2D eigenvalue weighted by Crippen LogP contribution is 2.23. The molecule has 0 bridgehead atoms. The lowest BCUT2D eigenvalue weighted by Crippen LogP contribution is -2.52. The van der Waals surface area contributed by atoms with Crippen LogP contribution in [0, 0.1) is 0 Å². The number of carbonyl (C=O) groups is 1. The molecule has 6 heteroatoms. The van der Waals surface area contributed by atoms with Gasteiger partial charge >= 0.3 is 0 Å². The van der Waals surface area contributed by atoms with E-state index >= 15 is 0 Å². The fraction of sp³-hybridized carbons (Fsp3) is 0.500. The number of amides is 1. The van der Waals surface area contributed by atoms with E-state index in [2.05, 4.69) is 9.88 Å². The van der Waals surface area contributed by atoms with E-state index in [-0.39, 0.29) is 5.91 Å². The van der Waals surface area contributed by atoms with Crippen molar-refractivity contribution in [3.05, 3.63) is 23.4 Å². The van der Waals surface area contributed by atoms with Gasteiger partial charge in [0.2, 0.25) is 5.91 Å². The lowest BCUT2D eigenvalue weighted by atomic mass is 10.2. The van der Waals surface area contributed by atoms with E-state index in [9.17, 15) is 4.79 Å². The Kier molecular flexibility index (Phi) is 4.04. The van der Waals surface area contributed by atoms with Gasteiger partial charge in [-0.05, 0) is 19.1 Å². The molecule has 0 aliphatic carbocycles. The Morgan fingerprint density at radius 2 is 2.11 bits per heavy atom. The standard InChI is InChI=1S/C12H17ClN4O/c1-9(14)12(18)17-7-5-16(6-8-17)11-10(13)3-2-4-15-11/h2-4,9H,5-8,14H2,1H3/t9-/m0/s1. The number of carbonyl (C=O) groups excluding carboxylic acids is 1. The molecule has 0 aromatic carbocycles. The Labute approximate surface area is 112 Å². The summed E-state index contributed by atoms with van der Waals surface area (Å²) in [6, 6.07) is 3.19. The van der Waals surface area contributed by atoms with Crippen LogP contribution in [0.25, 0.3) is 0 Å². The molecule has 0 radical (unpaired) electrons. The van der Waals surface area contributed by atoms with Crippen molar-refractivity contribution >= 4 is 23.3 Å². The van der Waals surface area contributed by atoms with Gasteiger partial charge in [-0.1, -0.05) is 11.6 Å². The van der Waals surface area contributed by atoms with E-state index in [0.717, 1.165) is 18.9 Å². The number of nitrogens with zero attached hydrogens (tertiary/aromatic N) is 3. The third kappa shape index (κ3) is 2.73. The molecule has 1 aliphatic rings. The molecule has 0 unspecified atom stereocenters. The largest absolute Gasteiger partial charge is 0.352 e. The van der Waals surface area contributed by atoms with Crippen molar-refractivity contribution in [2.45, 2.75) is 13.0 Å². The molecule has 1 amide bonds. The third-order valence-electron chi connectivity index (χ3n) is 3.02. The van der Waals surface area contributed by atoms with Crippen LogP contribution >= 0.6 is 11.6 Å². The van der Waals surface area contributed by atoms with Crippen molar-refractivity contribution < 1.29 is 4.79 Å². The van der Waals surface area contributed by atoms with Crippen molar-refractivity contribution in [3.8, 4) is 0 Å². The summed E-state index contributed by atoms with van der Waals surface area (Å²) in [7, 11) is 0. The van der Waals surface area contributed by atoms with Gasteiger partial charge in [0.15, 0.2) is 0 Å². The van der Waals surface area contributed by atoms with E-state index in [4.69, 9.17) is 17.3 Å². The maximum absolute atomic E-state index is 11.7. The molecule has 0 saturated carbocycles. The lowest BCUT2D eigenvalue weighted by molar-refractivity contribution is -0.132. The van der Waals surface area contributed by atoms with Crippen molar-refractivity contribution in [2.24, 2.45) is 5.73 Å². The number of anilines is 1. The van der Waals surface area contributed by atoms with Crippen molar-refractivity contribution in [2.75, 3.05) is 31.1 Å². The minimum Gasteiger partial charge on any atom is -0.352 e. The molecular formula is C12H17ClN4O. The molecule has 1 aliphatic heterocycles. The van der Waals surface area contributed by atoms with Crippen LogP contribution in [-0.2, 0) is 4.79 Å². The van der Waals surface area contributed by atoms with E-state index < -0.39 is 6.04 Å². The summed E-state index contributed by atoms with van der Waals surface area (Å²) in [6.07, 6.45) is 1.72. The number of hydrogen-bond acceptors (Lipinski definition) is 4. The minimum absolute atomic E-state index is 0.00164. The van der Waals surface area contributed by atoms with Gasteiger partial charge in [-0.25, -0.2) is 4.98 Å². The van der Waals surface area contributed by atoms with Gasteiger partial charge in [-0.2, -0.15) is 0 Å². The first kappa shape index (κ1) is 13.1. The van der Waals surface area contributed by atoms with E-state index in [1.54, 1.807) is 18.0 Å². The third-order valence-corrected chi connectivity index (χ3v) is 3.31. The quantitative estimate of drug-likeness (QED) is 0.859. The second kappa shape index (κ2) is 5.54. The maximum atomic E-state index is 11.7. The fourth-order valence-electron chi connectivity index (χ4n) is 2.04. The molecule has 1 aromatic heterocycles. The molecule has 1 atom stereocenters. The first-order chi connectivity index (χ1) is 8.59. The number of pyridine rings is 1. The number of piperazine rings is 1. The van der Waals surface area contributed by atoms with Gasteiger partial charge < -0.3 is 15.5 Å². The summed E-state index contributed by atoms with van der Waals surface area (Å²) >= 11 is 6.10. The highest BCUT2D eigenvalue weighted by molar-refractivity contribution is 6.32. The van der Waals surface area contributed by atoms with Gasteiger partial charge in [-0.3, -0.25) is 4.79 Å². The SMILES string of the molecule is C[C@H](N)C(=O)N1CCN(c2ncccc2Cl)CC1. The van der Waals surface area contributed by atoms with Gasteiger partial charge in [0, 0.05) is 32.4 Å². The Morgan fingerprint density at radius 3 is 2.67 bits per heavy atom. The molecule has 18 heavy (non-hydrogen) atoms. The Bertz CT molecular complexity index is 430. The highest BCUT2D eigenvalue weighted by Gasteiger charge is 2.24. The zero-order valence-electron chi connectivity index (χ0n) is 10.3. The highest BCUT2D eigenvalue weighted by atomic mass is 35.5. The summed E-state index contributed by atoms with van der Waals surface area (Å²) in [6.45, 7) is 4.50. The molecule has 2 rings (SSSR count). The van der Waals surface area contributed by atoms with Crippen molar-refractivity contribution in [1.82, 2.24) is 9.88 Å². The Hall–Kier alpha value is -1.33. The minimum atomic E-state index is -0.435. The van der Waals surface area contributed by atoms with Crippen LogP contribution in [0.5, 0.6) is 0 Å². The molecular weight excluding hydrogens is 252 g/mol. The summed E-state index contributed by atoms with van der Waals surface area (Å²) in [5, 5.41) is 0.643. The number of hydrogen-bond donors (Lipinski definition) is 1. The van der Waals surface area contributed by atoms with Gasteiger partial charge in [-0.15, -0.1) is 0 Å². The summed E-state index contributed by atoms with van der Waals surface area (Å²) < 4.78 is 0. The molecule has 2 heterocycles. The second-order valence-electron chi connectivity index (χ2n) is 4.41. The smallest absolute Gasteiger partial charge is 0.239 e. The second-order valence-corrected chi connectivity index (χ2v) is 4.82. The summed E-state index contributed by atoms with van der Waals surface area (Å²) in [4.78, 5) is 19.9. The zero-order chi connectivity index (χ0) is 13.1. The van der Waals surface area contributed by atoms with E-state index in [1.165, 1.54) is 0 Å². The molecule has 2 N–H and O–H groups in total. The van der Waals surface area contributed by atoms with Gasteiger partial charge in [0.25, 0.3) is 0 Å². The molecule has 1 fully saturated rings. The average molecular weight is 269 g/mol. The average Bonchev–Trinajstić information content (AvgIpc) is 2.38. The van der Waals surface area contributed by atoms with Crippen LogP contribution in [0.2, 0.25) is 5.02 Å². The zero-order valence-corrected chi connectivity index (χ0v) is 11.1. The first-order valence-electron chi connectivity index (χ1n) is 5.99. The van der Waals surface area contributed by atoms with Crippen LogP contribution in [0.4, 0.5) is 5.82 Å². The summed E-state index contributed by atoms with van der Waals surface area (Å²) in [5.41, 5.74) is 5.60. The number of nitrogens with two attached hydrogens (primary N) is 1. The molecule has 1 saturated heterocycles. The van der Waals surface area contributed by atoms with Crippen molar-refractivity contribution in [3.63, 3.8) is 0 Å². The van der Waals surface area contributed by atoms with Crippen LogP contribution in [0.3, 0.4) is 0 Å². The van der Waals surface area contributed by atoms with Gasteiger partial charge in [0.1, 0.15) is 5.82 Å². The van der Waals surface area contributed by atoms with Crippen LogP contribution in [0.1, 0.15) is 6.92 Å². The molecule has 1 aromatic rings. The van der Waals surface area contributed by atoms with Crippen molar-refractivity contribution in [1.29, 1.82) is 0 Å². The maximum Gasteiger partial charge on any atom is 0.239 e. The lowest BCUT2D eigenvalue weighted by Gasteiger charge is -2.36. The molecule has 5 nitrogen and oxygen atoms in total. The number of rotatable bonds is 2. The van der Waals surface area contributed by atoms with Crippen LogP contribution in [-0.4, -0.2) is 48.0 Å². The fourth-order valence-corrected chi connectivity index (χ4v) is 2.28. The van der Waals surface area contributed by atoms with Crippen LogP contribution < -0.4 is 10.6 Å². The monoisotopic (exact) mass is 268 g/mol. The molecule has 0 spiro atoms. The Balaban J connectivity index is 1.99. The van der Waals surface area contributed by atoms with E-state index in [0.29, 0.717) is 18.1 Å². The van der Waals surface area contributed by atoms with Gasteiger partial charge in [0.05, 0.1) is 11.1 Å². The predicted octanol–water partition coefficient (Wildman–Crippen LogP) is 0.731. The normalized spacial score (nSPS) is 17.7. The Morgan fingerprint density at radius 1 is 1.44 bits per heavy atom. The number of aromatic nitrogens is 1. The predicted molar refractivity (Wildman–Crippen MR) is 71.7 cm³/mol. The first-order valence-corrected chi connectivity index (χ1v) is 6.37. The molecule has 98 valence electrons. The number of halogens is 1. The topological polar surface area (TPSA) is 62.5 Å².